The molecule has 0 aliphatic carbocycles. The van der Waals surface area contributed by atoms with Crippen molar-refractivity contribution in [2.45, 2.75) is 6.54 Å². The van der Waals surface area contributed by atoms with Gasteiger partial charge in [0.15, 0.2) is 0 Å². The number of hydrogen-bond donors (Lipinski definition) is 1. The molecule has 0 aromatic carbocycles. The van der Waals surface area contributed by atoms with Gasteiger partial charge in [-0.15, -0.1) is 0 Å². The predicted molar refractivity (Wildman–Crippen MR) is 107 cm³/mol. The zero-order valence-corrected chi connectivity index (χ0v) is 15.8. The first kappa shape index (κ1) is 18.6. The maximum atomic E-state index is 12.5. The zero-order chi connectivity index (χ0) is 20.1. The van der Waals surface area contributed by atoms with Gasteiger partial charge >= 0.3 is 11.8 Å². The fraction of sp³-hybridized carbons (Fsp3) is 0.250. The molecule has 3 aromatic rings. The predicted octanol–water partition coefficient (Wildman–Crippen LogP) is 1.01. The molecule has 148 valence electrons. The first-order valence-corrected chi connectivity index (χ1v) is 9.35. The van der Waals surface area contributed by atoms with Gasteiger partial charge in [0.2, 0.25) is 0 Å². The van der Waals surface area contributed by atoms with Gasteiger partial charge in [-0.1, -0.05) is 0 Å². The Hall–Kier alpha value is -3.75. The topological polar surface area (TPSA) is 96.2 Å². The Morgan fingerprint density at radius 3 is 2.28 bits per heavy atom. The van der Waals surface area contributed by atoms with Gasteiger partial charge in [-0.2, -0.15) is 5.10 Å². The Morgan fingerprint density at radius 2 is 1.59 bits per heavy atom. The number of hydrogen-bond acceptors (Lipinski definition) is 6. The maximum Gasteiger partial charge on any atom is 0.313 e. The summed E-state index contributed by atoms with van der Waals surface area (Å²) in [5.41, 5.74) is 2.61. The van der Waals surface area contributed by atoms with Crippen LogP contribution in [0.1, 0.15) is 5.56 Å². The SMILES string of the molecule is O=C(Nc1cnn(Cc2ccncc2)c1)C(=O)N1CCN(c2ccncc2)CC1. The summed E-state index contributed by atoms with van der Waals surface area (Å²) in [4.78, 5) is 36.6. The highest BCUT2D eigenvalue weighted by atomic mass is 16.2. The fourth-order valence-electron chi connectivity index (χ4n) is 3.24. The second-order valence-corrected chi connectivity index (χ2v) is 6.72. The van der Waals surface area contributed by atoms with Crippen LogP contribution in [0.4, 0.5) is 11.4 Å². The summed E-state index contributed by atoms with van der Waals surface area (Å²) in [5.74, 6) is -1.17. The van der Waals surface area contributed by atoms with Crippen molar-refractivity contribution in [2.24, 2.45) is 0 Å². The molecule has 0 spiro atoms. The van der Waals surface area contributed by atoms with Gasteiger partial charge in [0.05, 0.1) is 18.4 Å². The maximum absolute atomic E-state index is 12.5. The number of aromatic nitrogens is 4. The van der Waals surface area contributed by atoms with Crippen molar-refractivity contribution in [2.75, 3.05) is 36.4 Å². The Balaban J connectivity index is 1.29. The van der Waals surface area contributed by atoms with Crippen LogP contribution >= 0.6 is 0 Å². The fourth-order valence-corrected chi connectivity index (χ4v) is 3.24. The highest BCUT2D eigenvalue weighted by molar-refractivity contribution is 6.39. The Morgan fingerprint density at radius 1 is 0.931 bits per heavy atom. The van der Waals surface area contributed by atoms with Crippen LogP contribution in [0.2, 0.25) is 0 Å². The number of rotatable bonds is 4. The van der Waals surface area contributed by atoms with Crippen LogP contribution in [0.15, 0.2) is 61.4 Å². The molecular weight excluding hydrogens is 370 g/mol. The zero-order valence-electron chi connectivity index (χ0n) is 15.8. The van der Waals surface area contributed by atoms with Gasteiger partial charge in [0.25, 0.3) is 0 Å². The van der Waals surface area contributed by atoms with Crippen LogP contribution in [-0.2, 0) is 16.1 Å². The Kier molecular flexibility index (Phi) is 5.46. The molecule has 0 bridgehead atoms. The van der Waals surface area contributed by atoms with E-state index in [4.69, 9.17) is 0 Å². The van der Waals surface area contributed by atoms with Crippen molar-refractivity contribution in [3.8, 4) is 0 Å². The number of carbonyl (C=O) groups is 2. The summed E-state index contributed by atoms with van der Waals surface area (Å²) >= 11 is 0. The number of nitrogens with zero attached hydrogens (tertiary/aromatic N) is 6. The van der Waals surface area contributed by atoms with Gasteiger partial charge < -0.3 is 15.1 Å². The molecule has 29 heavy (non-hydrogen) atoms. The third-order valence-electron chi connectivity index (χ3n) is 4.77. The lowest BCUT2D eigenvalue weighted by Gasteiger charge is -2.35. The van der Waals surface area contributed by atoms with Crippen LogP contribution in [0.25, 0.3) is 0 Å². The summed E-state index contributed by atoms with van der Waals surface area (Å²) in [5, 5.41) is 6.87. The lowest BCUT2D eigenvalue weighted by Crippen LogP contribution is -2.51. The molecule has 4 heterocycles. The minimum atomic E-state index is -0.647. The van der Waals surface area contributed by atoms with E-state index in [0.29, 0.717) is 38.4 Å². The molecule has 0 unspecified atom stereocenters. The number of carbonyl (C=O) groups excluding carboxylic acids is 2. The molecule has 1 N–H and O–H groups in total. The number of piperazine rings is 1. The third-order valence-corrected chi connectivity index (χ3v) is 4.77. The minimum Gasteiger partial charge on any atom is -0.368 e. The smallest absolute Gasteiger partial charge is 0.313 e. The molecule has 1 aliphatic rings. The average Bonchev–Trinajstić information content (AvgIpc) is 3.21. The molecule has 9 heteroatoms. The van der Waals surface area contributed by atoms with E-state index in [1.807, 2.05) is 24.3 Å². The number of anilines is 2. The first-order valence-electron chi connectivity index (χ1n) is 9.35. The van der Waals surface area contributed by atoms with E-state index in [-0.39, 0.29) is 0 Å². The molecular formula is C20H21N7O2. The van der Waals surface area contributed by atoms with Crippen molar-refractivity contribution in [1.29, 1.82) is 0 Å². The summed E-state index contributed by atoms with van der Waals surface area (Å²) in [7, 11) is 0. The van der Waals surface area contributed by atoms with E-state index in [2.05, 4.69) is 25.3 Å². The van der Waals surface area contributed by atoms with Crippen LogP contribution < -0.4 is 10.2 Å². The molecule has 1 saturated heterocycles. The Labute approximate surface area is 168 Å². The Bertz CT molecular complexity index is 967. The van der Waals surface area contributed by atoms with Crippen LogP contribution in [0, 0.1) is 0 Å². The van der Waals surface area contributed by atoms with Gasteiger partial charge in [-0.3, -0.25) is 24.2 Å². The van der Waals surface area contributed by atoms with E-state index in [0.717, 1.165) is 11.3 Å². The molecule has 0 atom stereocenters. The normalized spacial score (nSPS) is 13.9. The van der Waals surface area contributed by atoms with Gasteiger partial charge in [0, 0.05) is 62.9 Å². The second-order valence-electron chi connectivity index (χ2n) is 6.72. The van der Waals surface area contributed by atoms with Gasteiger partial charge in [-0.25, -0.2) is 0 Å². The van der Waals surface area contributed by atoms with Crippen LogP contribution in [-0.4, -0.2) is 62.6 Å². The van der Waals surface area contributed by atoms with E-state index in [1.54, 1.807) is 40.6 Å². The summed E-state index contributed by atoms with van der Waals surface area (Å²) < 4.78 is 1.70. The van der Waals surface area contributed by atoms with E-state index >= 15 is 0 Å². The highest BCUT2D eigenvalue weighted by Crippen LogP contribution is 2.15. The van der Waals surface area contributed by atoms with Crippen molar-refractivity contribution < 1.29 is 9.59 Å². The van der Waals surface area contributed by atoms with Gasteiger partial charge in [-0.05, 0) is 29.8 Å². The molecule has 1 fully saturated rings. The summed E-state index contributed by atoms with van der Waals surface area (Å²) in [6.07, 6.45) is 10.2. The molecule has 0 radical (unpaired) electrons. The number of pyridine rings is 2. The highest BCUT2D eigenvalue weighted by Gasteiger charge is 2.26. The van der Waals surface area contributed by atoms with E-state index < -0.39 is 11.8 Å². The second kappa shape index (κ2) is 8.51. The molecule has 4 rings (SSSR count). The molecule has 1 aliphatic heterocycles. The molecule has 3 aromatic heterocycles. The molecule has 0 saturated carbocycles. The number of amides is 2. The van der Waals surface area contributed by atoms with E-state index in [1.165, 1.54) is 6.20 Å². The van der Waals surface area contributed by atoms with Crippen molar-refractivity contribution in [3.05, 3.63) is 67.0 Å². The lowest BCUT2D eigenvalue weighted by molar-refractivity contribution is -0.143. The lowest BCUT2D eigenvalue weighted by atomic mass is 10.2. The molecule has 2 amide bonds. The average molecular weight is 391 g/mol. The van der Waals surface area contributed by atoms with Crippen molar-refractivity contribution in [1.82, 2.24) is 24.6 Å². The first-order chi connectivity index (χ1) is 14.2. The van der Waals surface area contributed by atoms with Gasteiger partial charge in [0.1, 0.15) is 0 Å². The van der Waals surface area contributed by atoms with Crippen molar-refractivity contribution >= 4 is 23.2 Å². The number of nitrogens with one attached hydrogen (secondary N) is 1. The monoisotopic (exact) mass is 391 g/mol. The minimum absolute atomic E-state index is 0.493. The summed E-state index contributed by atoms with van der Waals surface area (Å²) in [6.45, 7) is 2.90. The largest absolute Gasteiger partial charge is 0.368 e. The van der Waals surface area contributed by atoms with Crippen molar-refractivity contribution in [3.63, 3.8) is 0 Å². The van der Waals surface area contributed by atoms with E-state index in [9.17, 15) is 9.59 Å². The quantitative estimate of drug-likeness (QED) is 0.667. The summed E-state index contributed by atoms with van der Waals surface area (Å²) in [6, 6.07) is 7.67. The van der Waals surface area contributed by atoms with Crippen LogP contribution in [0.5, 0.6) is 0 Å². The third kappa shape index (κ3) is 4.57. The molecule has 9 nitrogen and oxygen atoms in total. The standard InChI is InChI=1S/C20H21N7O2/c28-19(24-17-13-23-27(15-17)14-16-1-5-21-6-2-16)20(29)26-11-9-25(10-12-26)18-3-7-22-8-4-18/h1-8,13,15H,9-12,14H2,(H,24,28). The van der Waals surface area contributed by atoms with Crippen LogP contribution in [0.3, 0.4) is 0 Å².